The minimum Gasteiger partial charge on any atom is -0.478 e. The van der Waals surface area contributed by atoms with Crippen LogP contribution in [0.1, 0.15) is 15.9 Å². The number of aryl methyl sites for hydroxylation is 2. The molecule has 5 aromatic rings. The normalized spacial score (nSPS) is 11.3. The van der Waals surface area contributed by atoms with Crippen LogP contribution in [0, 0.1) is 6.92 Å². The Morgan fingerprint density at radius 1 is 1.13 bits per heavy atom. The zero-order chi connectivity index (χ0) is 21.7. The molecule has 0 amide bonds. The molecular formula is C24H21N5O2. The van der Waals surface area contributed by atoms with Gasteiger partial charge < -0.3 is 15.0 Å². The fraction of sp³-hybridized carbons (Fsp3) is 0.125. The minimum atomic E-state index is -0.990. The molecule has 154 valence electrons. The number of H-pyrrole nitrogens is 1. The maximum Gasteiger partial charge on any atom is 0.337 e. The monoisotopic (exact) mass is 411 g/mol. The second kappa shape index (κ2) is 6.98. The van der Waals surface area contributed by atoms with Crippen LogP contribution >= 0.6 is 0 Å². The van der Waals surface area contributed by atoms with E-state index in [1.54, 1.807) is 0 Å². The third kappa shape index (κ3) is 3.02. The van der Waals surface area contributed by atoms with E-state index in [9.17, 15) is 9.90 Å². The molecule has 3 aromatic heterocycles. The Morgan fingerprint density at radius 3 is 2.71 bits per heavy atom. The standard InChI is InChI=1S/C24H21N5O2/c1-14-6-4-5-7-20(14)28(2)15-8-9-16-21(12-15)29(3)27-23(16)19-13-18-22(26-19)17(24(30)31)10-11-25-18/h4-13,26H,1-3H3,(H,30,31). The number of aromatic nitrogens is 4. The van der Waals surface area contributed by atoms with E-state index in [2.05, 4.69) is 59.2 Å². The van der Waals surface area contributed by atoms with E-state index >= 15 is 0 Å². The van der Waals surface area contributed by atoms with Crippen molar-refractivity contribution in [3.8, 4) is 11.4 Å². The number of rotatable bonds is 4. The van der Waals surface area contributed by atoms with Gasteiger partial charge in [-0.1, -0.05) is 18.2 Å². The molecule has 31 heavy (non-hydrogen) atoms. The Labute approximate surface area is 178 Å². The fourth-order valence-electron chi connectivity index (χ4n) is 4.06. The number of aromatic amines is 1. The summed E-state index contributed by atoms with van der Waals surface area (Å²) >= 11 is 0. The lowest BCUT2D eigenvalue weighted by atomic mass is 10.1. The first kappa shape index (κ1) is 18.9. The zero-order valence-corrected chi connectivity index (χ0v) is 17.4. The van der Waals surface area contributed by atoms with Crippen LogP contribution in [0.15, 0.2) is 60.8 Å². The number of fused-ring (bicyclic) bond motifs is 2. The van der Waals surface area contributed by atoms with Crippen molar-refractivity contribution in [3.63, 3.8) is 0 Å². The van der Waals surface area contributed by atoms with E-state index in [1.165, 1.54) is 17.8 Å². The SMILES string of the molecule is Cc1ccccc1N(C)c1ccc2c(-c3cc4nccc(C(=O)O)c4[nH]3)nn(C)c2c1. The number of carboxylic acid groups (broad SMARTS) is 1. The number of nitrogens with zero attached hydrogens (tertiary/aromatic N) is 4. The van der Waals surface area contributed by atoms with Gasteiger partial charge in [0.05, 0.1) is 27.8 Å². The summed E-state index contributed by atoms with van der Waals surface area (Å²) in [6.07, 6.45) is 1.51. The molecule has 0 atom stereocenters. The number of hydrogen-bond donors (Lipinski definition) is 2. The van der Waals surface area contributed by atoms with Gasteiger partial charge >= 0.3 is 5.97 Å². The van der Waals surface area contributed by atoms with E-state index in [0.717, 1.165) is 33.7 Å². The van der Waals surface area contributed by atoms with Gasteiger partial charge in [-0.3, -0.25) is 9.67 Å². The van der Waals surface area contributed by atoms with E-state index in [0.29, 0.717) is 11.0 Å². The summed E-state index contributed by atoms with van der Waals surface area (Å²) in [6, 6.07) is 17.9. The predicted molar refractivity (Wildman–Crippen MR) is 122 cm³/mol. The molecular weight excluding hydrogens is 390 g/mol. The summed E-state index contributed by atoms with van der Waals surface area (Å²) in [4.78, 5) is 21.2. The first-order chi connectivity index (χ1) is 14.9. The van der Waals surface area contributed by atoms with Gasteiger partial charge in [0.25, 0.3) is 0 Å². The van der Waals surface area contributed by atoms with E-state index in [1.807, 2.05) is 29.9 Å². The first-order valence-corrected chi connectivity index (χ1v) is 9.91. The molecule has 0 unspecified atom stereocenters. The number of carboxylic acids is 1. The van der Waals surface area contributed by atoms with Gasteiger partial charge in [0.1, 0.15) is 5.69 Å². The van der Waals surface area contributed by atoms with Gasteiger partial charge in [-0.15, -0.1) is 0 Å². The quantitative estimate of drug-likeness (QED) is 0.440. The molecule has 0 fully saturated rings. The molecule has 0 saturated carbocycles. The van der Waals surface area contributed by atoms with E-state index in [4.69, 9.17) is 5.10 Å². The third-order valence-corrected chi connectivity index (χ3v) is 5.71. The number of aromatic carboxylic acids is 1. The van der Waals surface area contributed by atoms with Crippen LogP contribution < -0.4 is 4.90 Å². The number of benzene rings is 2. The summed E-state index contributed by atoms with van der Waals surface area (Å²) in [5.74, 6) is -0.990. The van der Waals surface area contributed by atoms with Crippen LogP contribution in [0.3, 0.4) is 0 Å². The molecule has 0 aliphatic heterocycles. The van der Waals surface area contributed by atoms with Crippen molar-refractivity contribution < 1.29 is 9.90 Å². The van der Waals surface area contributed by atoms with Crippen LogP contribution in [-0.4, -0.2) is 37.9 Å². The lowest BCUT2D eigenvalue weighted by molar-refractivity contribution is 0.0698. The molecule has 5 rings (SSSR count). The Morgan fingerprint density at radius 2 is 1.94 bits per heavy atom. The minimum absolute atomic E-state index is 0.193. The van der Waals surface area contributed by atoms with E-state index in [-0.39, 0.29) is 5.56 Å². The van der Waals surface area contributed by atoms with Gasteiger partial charge in [-0.2, -0.15) is 5.10 Å². The maximum absolute atomic E-state index is 11.5. The second-order valence-corrected chi connectivity index (χ2v) is 7.63. The van der Waals surface area contributed by atoms with Gasteiger partial charge in [0.15, 0.2) is 0 Å². The lowest BCUT2D eigenvalue weighted by Crippen LogP contribution is -2.10. The molecule has 3 heterocycles. The second-order valence-electron chi connectivity index (χ2n) is 7.63. The number of para-hydroxylation sites is 1. The van der Waals surface area contributed by atoms with Crippen molar-refractivity contribution in [2.75, 3.05) is 11.9 Å². The maximum atomic E-state index is 11.5. The van der Waals surface area contributed by atoms with Gasteiger partial charge in [-0.25, -0.2) is 4.79 Å². The number of carbonyl (C=O) groups is 1. The molecule has 0 radical (unpaired) electrons. The lowest BCUT2D eigenvalue weighted by Gasteiger charge is -2.21. The highest BCUT2D eigenvalue weighted by Crippen LogP contribution is 2.34. The number of pyridine rings is 1. The summed E-state index contributed by atoms with van der Waals surface area (Å²) in [5.41, 5.74) is 7.19. The van der Waals surface area contributed by atoms with Crippen LogP contribution in [0.2, 0.25) is 0 Å². The Kier molecular flexibility index (Phi) is 4.25. The third-order valence-electron chi connectivity index (χ3n) is 5.71. The largest absolute Gasteiger partial charge is 0.478 e. The molecule has 0 spiro atoms. The Hall–Kier alpha value is -4.13. The fourth-order valence-corrected chi connectivity index (χ4v) is 4.06. The Balaban J connectivity index is 1.62. The zero-order valence-electron chi connectivity index (χ0n) is 17.4. The molecule has 2 aromatic carbocycles. The Bertz CT molecular complexity index is 1460. The van der Waals surface area contributed by atoms with Crippen molar-refractivity contribution in [1.82, 2.24) is 19.7 Å². The molecule has 0 aliphatic carbocycles. The molecule has 0 aliphatic rings. The molecule has 0 bridgehead atoms. The van der Waals surface area contributed by atoms with E-state index < -0.39 is 5.97 Å². The molecule has 7 heteroatoms. The van der Waals surface area contributed by atoms with Crippen molar-refractivity contribution in [1.29, 1.82) is 0 Å². The molecule has 7 nitrogen and oxygen atoms in total. The predicted octanol–water partition coefficient (Wildman–Crippen LogP) is 4.89. The van der Waals surface area contributed by atoms with Crippen molar-refractivity contribution in [3.05, 3.63) is 71.9 Å². The summed E-state index contributed by atoms with van der Waals surface area (Å²) in [6.45, 7) is 2.10. The van der Waals surface area contributed by atoms with Crippen LogP contribution in [0.4, 0.5) is 11.4 Å². The van der Waals surface area contributed by atoms with Crippen molar-refractivity contribution in [2.24, 2.45) is 7.05 Å². The van der Waals surface area contributed by atoms with Crippen molar-refractivity contribution >= 4 is 39.3 Å². The highest BCUT2D eigenvalue weighted by molar-refractivity contribution is 6.03. The number of hydrogen-bond acceptors (Lipinski definition) is 4. The van der Waals surface area contributed by atoms with Crippen LogP contribution in [0.25, 0.3) is 33.3 Å². The number of anilines is 2. The number of nitrogens with one attached hydrogen (secondary N) is 1. The average molecular weight is 411 g/mol. The average Bonchev–Trinajstić information content (AvgIpc) is 3.34. The molecule has 2 N–H and O–H groups in total. The summed E-state index contributed by atoms with van der Waals surface area (Å²) in [5, 5.41) is 15.2. The first-order valence-electron chi connectivity index (χ1n) is 9.91. The van der Waals surface area contributed by atoms with Crippen LogP contribution in [-0.2, 0) is 7.05 Å². The highest BCUT2D eigenvalue weighted by atomic mass is 16.4. The van der Waals surface area contributed by atoms with Gasteiger partial charge in [0.2, 0.25) is 0 Å². The highest BCUT2D eigenvalue weighted by Gasteiger charge is 2.18. The summed E-state index contributed by atoms with van der Waals surface area (Å²) in [7, 11) is 3.96. The molecule has 0 saturated heterocycles. The topological polar surface area (TPSA) is 87.0 Å². The van der Waals surface area contributed by atoms with Gasteiger partial charge in [0, 0.05) is 37.1 Å². The van der Waals surface area contributed by atoms with Crippen LogP contribution in [0.5, 0.6) is 0 Å². The smallest absolute Gasteiger partial charge is 0.337 e. The van der Waals surface area contributed by atoms with Crippen molar-refractivity contribution in [2.45, 2.75) is 6.92 Å². The van der Waals surface area contributed by atoms with Gasteiger partial charge in [-0.05, 0) is 48.9 Å². The summed E-state index contributed by atoms with van der Waals surface area (Å²) < 4.78 is 1.84.